The number of hydrogen-bond acceptors (Lipinski definition) is 3. The van der Waals surface area contributed by atoms with Crippen LogP contribution >= 0.6 is 24.0 Å². The molecular formula is C24H33IN6. The highest BCUT2D eigenvalue weighted by Gasteiger charge is 2.12. The van der Waals surface area contributed by atoms with Gasteiger partial charge in [0.25, 0.3) is 0 Å². The first kappa shape index (κ1) is 23.4. The van der Waals surface area contributed by atoms with Crippen LogP contribution in [0.2, 0.25) is 0 Å². The van der Waals surface area contributed by atoms with Crippen LogP contribution in [-0.2, 0) is 13.1 Å². The van der Waals surface area contributed by atoms with Crippen LogP contribution in [-0.4, -0.2) is 41.7 Å². The Morgan fingerprint density at radius 1 is 1.06 bits per heavy atom. The van der Waals surface area contributed by atoms with E-state index < -0.39 is 0 Å². The number of hydrogen-bond donors (Lipinski definition) is 2. The molecule has 0 atom stereocenters. The molecule has 3 aromatic rings. The normalized spacial score (nSPS) is 14.0. The van der Waals surface area contributed by atoms with E-state index in [1.54, 1.807) is 0 Å². The third-order valence-electron chi connectivity index (χ3n) is 5.55. The maximum Gasteiger partial charge on any atom is 0.191 e. The maximum absolute atomic E-state index is 4.73. The lowest BCUT2D eigenvalue weighted by atomic mass is 10.2. The molecule has 0 amide bonds. The number of benzene rings is 1. The summed E-state index contributed by atoms with van der Waals surface area (Å²) in [5.74, 6) is 1.95. The van der Waals surface area contributed by atoms with Gasteiger partial charge in [-0.05, 0) is 55.3 Å². The summed E-state index contributed by atoms with van der Waals surface area (Å²) in [4.78, 5) is 11.7. The van der Waals surface area contributed by atoms with Crippen molar-refractivity contribution in [3.05, 3.63) is 60.4 Å². The topological polar surface area (TPSA) is 57.5 Å². The van der Waals surface area contributed by atoms with Gasteiger partial charge in [-0.25, -0.2) is 9.98 Å². The highest BCUT2D eigenvalue weighted by Crippen LogP contribution is 2.18. The molecular weight excluding hydrogens is 499 g/mol. The van der Waals surface area contributed by atoms with Crippen LogP contribution in [0.1, 0.15) is 31.7 Å². The monoisotopic (exact) mass is 532 g/mol. The van der Waals surface area contributed by atoms with Crippen molar-refractivity contribution < 1.29 is 0 Å². The predicted octanol–water partition coefficient (Wildman–Crippen LogP) is 4.40. The Morgan fingerprint density at radius 2 is 1.90 bits per heavy atom. The number of para-hydroxylation sites is 1. The molecule has 0 aliphatic carbocycles. The number of fused-ring (bicyclic) bond motifs is 1. The summed E-state index contributed by atoms with van der Waals surface area (Å²) in [6, 6.07) is 15.0. The highest BCUT2D eigenvalue weighted by atomic mass is 127. The molecule has 1 fully saturated rings. The fourth-order valence-corrected chi connectivity index (χ4v) is 3.95. The average molecular weight is 532 g/mol. The smallest absolute Gasteiger partial charge is 0.191 e. The third-order valence-corrected chi connectivity index (χ3v) is 5.55. The van der Waals surface area contributed by atoms with Crippen LogP contribution < -0.4 is 15.5 Å². The fourth-order valence-electron chi connectivity index (χ4n) is 3.95. The van der Waals surface area contributed by atoms with E-state index in [4.69, 9.17) is 4.99 Å². The van der Waals surface area contributed by atoms with Crippen molar-refractivity contribution in [2.24, 2.45) is 4.99 Å². The molecule has 3 heterocycles. The van der Waals surface area contributed by atoms with Crippen LogP contribution in [0, 0.1) is 0 Å². The number of anilines is 1. The minimum atomic E-state index is 0. The number of aromatic nitrogens is 2. The first-order valence-electron chi connectivity index (χ1n) is 11.1. The predicted molar refractivity (Wildman–Crippen MR) is 140 cm³/mol. The van der Waals surface area contributed by atoms with E-state index in [0.29, 0.717) is 6.54 Å². The molecule has 166 valence electrons. The van der Waals surface area contributed by atoms with Gasteiger partial charge in [0.1, 0.15) is 5.82 Å². The molecule has 2 N–H and O–H groups in total. The molecule has 4 rings (SSSR count). The maximum atomic E-state index is 4.73. The van der Waals surface area contributed by atoms with E-state index in [2.05, 4.69) is 80.7 Å². The minimum Gasteiger partial charge on any atom is -0.357 e. The fraction of sp³-hybridized carbons (Fsp3) is 0.417. The van der Waals surface area contributed by atoms with Crippen LogP contribution in [0.3, 0.4) is 0 Å². The summed E-state index contributed by atoms with van der Waals surface area (Å²) in [6.07, 6.45) is 7.70. The number of aliphatic imine (C=N–C) groups is 1. The zero-order chi connectivity index (χ0) is 20.6. The van der Waals surface area contributed by atoms with Gasteiger partial charge in [-0.3, -0.25) is 0 Å². The number of rotatable bonds is 8. The first-order chi connectivity index (χ1) is 14.8. The minimum absolute atomic E-state index is 0. The molecule has 7 heteroatoms. The molecule has 0 spiro atoms. The first-order valence-corrected chi connectivity index (χ1v) is 11.1. The Bertz CT molecular complexity index is 960. The second-order valence-electron chi connectivity index (χ2n) is 7.76. The quantitative estimate of drug-likeness (QED) is 0.196. The van der Waals surface area contributed by atoms with Gasteiger partial charge in [-0.15, -0.1) is 24.0 Å². The Hall–Kier alpha value is -2.29. The molecule has 0 radical (unpaired) electrons. The zero-order valence-corrected chi connectivity index (χ0v) is 20.6. The van der Waals surface area contributed by atoms with Crippen LogP contribution in [0.15, 0.2) is 59.9 Å². The van der Waals surface area contributed by atoms with Gasteiger partial charge in [0.05, 0.1) is 6.54 Å². The summed E-state index contributed by atoms with van der Waals surface area (Å²) in [5, 5.41) is 8.09. The van der Waals surface area contributed by atoms with Gasteiger partial charge in [-0.1, -0.05) is 24.3 Å². The summed E-state index contributed by atoms with van der Waals surface area (Å²) in [5.41, 5.74) is 2.43. The van der Waals surface area contributed by atoms with Gasteiger partial charge < -0.3 is 20.1 Å². The molecule has 2 aromatic heterocycles. The molecule has 1 aromatic carbocycles. The summed E-state index contributed by atoms with van der Waals surface area (Å²) >= 11 is 0. The molecule has 1 saturated heterocycles. The molecule has 6 nitrogen and oxygen atoms in total. The van der Waals surface area contributed by atoms with Gasteiger partial charge in [0.15, 0.2) is 5.96 Å². The van der Waals surface area contributed by atoms with E-state index >= 15 is 0 Å². The van der Waals surface area contributed by atoms with Crippen molar-refractivity contribution in [3.63, 3.8) is 0 Å². The number of halogens is 1. The zero-order valence-electron chi connectivity index (χ0n) is 18.3. The van der Waals surface area contributed by atoms with Gasteiger partial charge in [-0.2, -0.15) is 0 Å². The number of pyridine rings is 1. The number of guanidine groups is 1. The van der Waals surface area contributed by atoms with E-state index in [1.807, 2.05) is 6.20 Å². The standard InChI is InChI=1S/C24H32N6.HI/c1-2-25-24(26-13-7-16-29-17-12-21-8-3-4-9-22(21)29)28-19-20-10-11-23(27-18-20)30-14-5-6-15-30;/h3-4,8-12,17-18H,2,5-7,13-16,19H2,1H3,(H2,25,26,28);1H. The molecule has 31 heavy (non-hydrogen) atoms. The van der Waals surface area contributed by atoms with Crippen molar-refractivity contribution in [2.45, 2.75) is 39.3 Å². The summed E-state index contributed by atoms with van der Waals surface area (Å²) in [6.45, 7) is 7.68. The number of nitrogens with one attached hydrogen (secondary N) is 2. The van der Waals surface area contributed by atoms with Gasteiger partial charge in [0, 0.05) is 50.6 Å². The van der Waals surface area contributed by atoms with Gasteiger partial charge in [0.2, 0.25) is 0 Å². The van der Waals surface area contributed by atoms with Crippen molar-refractivity contribution in [1.82, 2.24) is 20.2 Å². The third kappa shape index (κ3) is 6.35. The lowest BCUT2D eigenvalue weighted by molar-refractivity contribution is 0.641. The molecule has 0 bridgehead atoms. The Labute approximate surface area is 202 Å². The summed E-state index contributed by atoms with van der Waals surface area (Å²) in [7, 11) is 0. The number of aryl methyl sites for hydroxylation is 1. The van der Waals surface area contributed by atoms with E-state index in [-0.39, 0.29) is 24.0 Å². The average Bonchev–Trinajstić information content (AvgIpc) is 3.46. The molecule has 0 saturated carbocycles. The van der Waals surface area contributed by atoms with Crippen molar-refractivity contribution in [2.75, 3.05) is 31.1 Å². The molecule has 0 unspecified atom stereocenters. The summed E-state index contributed by atoms with van der Waals surface area (Å²) < 4.78 is 2.31. The van der Waals surface area contributed by atoms with Gasteiger partial charge >= 0.3 is 0 Å². The van der Waals surface area contributed by atoms with Crippen molar-refractivity contribution in [3.8, 4) is 0 Å². The lowest BCUT2D eigenvalue weighted by Gasteiger charge is -2.16. The Kier molecular flexibility index (Phi) is 8.99. The van der Waals surface area contributed by atoms with Crippen LogP contribution in [0.25, 0.3) is 10.9 Å². The van der Waals surface area contributed by atoms with Crippen molar-refractivity contribution in [1.29, 1.82) is 0 Å². The SMILES string of the molecule is CCNC(=NCc1ccc(N2CCCC2)nc1)NCCCn1ccc2ccccc21.I. The second-order valence-corrected chi connectivity index (χ2v) is 7.76. The molecule has 1 aliphatic heterocycles. The van der Waals surface area contributed by atoms with E-state index in [0.717, 1.165) is 56.5 Å². The van der Waals surface area contributed by atoms with E-state index in [9.17, 15) is 0 Å². The van der Waals surface area contributed by atoms with Crippen LogP contribution in [0.4, 0.5) is 5.82 Å². The Morgan fingerprint density at radius 3 is 2.68 bits per heavy atom. The second kappa shape index (κ2) is 11.9. The highest BCUT2D eigenvalue weighted by molar-refractivity contribution is 14.0. The lowest BCUT2D eigenvalue weighted by Crippen LogP contribution is -2.38. The largest absolute Gasteiger partial charge is 0.357 e. The Balaban J connectivity index is 0.00000272. The molecule has 1 aliphatic rings. The van der Waals surface area contributed by atoms with Crippen molar-refractivity contribution >= 4 is 46.7 Å². The van der Waals surface area contributed by atoms with E-state index in [1.165, 1.54) is 23.7 Å². The van der Waals surface area contributed by atoms with Crippen LogP contribution in [0.5, 0.6) is 0 Å². The number of nitrogens with zero attached hydrogens (tertiary/aromatic N) is 4.